The van der Waals surface area contributed by atoms with Crippen molar-refractivity contribution >= 4 is 0 Å². The van der Waals surface area contributed by atoms with Gasteiger partial charge in [0.25, 0.3) is 0 Å². The Bertz CT molecular complexity index is 281. The van der Waals surface area contributed by atoms with Gasteiger partial charge in [0, 0.05) is 0 Å². The number of rotatable bonds is 5. The van der Waals surface area contributed by atoms with E-state index in [2.05, 4.69) is 37.2 Å². The van der Waals surface area contributed by atoms with Crippen molar-refractivity contribution in [3.63, 3.8) is 0 Å². The van der Waals surface area contributed by atoms with Gasteiger partial charge in [-0.2, -0.15) is 0 Å². The zero-order valence-corrected chi connectivity index (χ0v) is 9.55. The van der Waals surface area contributed by atoms with Crippen LogP contribution in [0.15, 0.2) is 10.5 Å². The third-order valence-electron chi connectivity index (χ3n) is 2.37. The highest BCUT2D eigenvalue weighted by Gasteiger charge is 2.07. The van der Waals surface area contributed by atoms with Crippen molar-refractivity contribution < 1.29 is 4.42 Å². The summed E-state index contributed by atoms with van der Waals surface area (Å²) in [5.41, 5.74) is 1.24. The van der Waals surface area contributed by atoms with Crippen molar-refractivity contribution in [2.45, 2.75) is 26.9 Å². The van der Waals surface area contributed by atoms with E-state index in [-0.39, 0.29) is 0 Å². The van der Waals surface area contributed by atoms with Gasteiger partial charge in [-0.25, -0.2) is 0 Å². The van der Waals surface area contributed by atoms with Crippen LogP contribution in [0, 0.1) is 6.92 Å². The highest BCUT2D eigenvalue weighted by molar-refractivity contribution is 5.19. The molecule has 0 aliphatic carbocycles. The summed E-state index contributed by atoms with van der Waals surface area (Å²) >= 11 is 0. The lowest BCUT2D eigenvalue weighted by atomic mass is 10.2. The second-order valence-electron chi connectivity index (χ2n) is 3.68. The Hall–Kier alpha value is -0.800. The van der Waals surface area contributed by atoms with E-state index in [9.17, 15) is 0 Å². The second kappa shape index (κ2) is 5.17. The average Bonchev–Trinajstić information content (AvgIpc) is 2.47. The van der Waals surface area contributed by atoms with Crippen LogP contribution < -0.4 is 5.32 Å². The lowest BCUT2D eigenvalue weighted by molar-refractivity contribution is 0.303. The van der Waals surface area contributed by atoms with E-state index < -0.39 is 0 Å². The first-order chi connectivity index (χ1) is 6.67. The predicted octanol–water partition coefficient (Wildman–Crippen LogP) is 1.76. The van der Waals surface area contributed by atoms with Crippen LogP contribution in [0.4, 0.5) is 0 Å². The molecule has 3 heteroatoms. The van der Waals surface area contributed by atoms with E-state index in [1.807, 2.05) is 7.05 Å². The van der Waals surface area contributed by atoms with E-state index in [1.54, 1.807) is 0 Å². The first kappa shape index (κ1) is 11.3. The number of furan rings is 1. The lowest BCUT2D eigenvalue weighted by Crippen LogP contribution is -2.16. The molecule has 0 saturated carbocycles. The molecule has 1 heterocycles. The fourth-order valence-corrected chi connectivity index (χ4v) is 1.38. The molecule has 1 aromatic heterocycles. The Labute approximate surface area is 86.1 Å². The van der Waals surface area contributed by atoms with Crippen molar-refractivity contribution in [1.82, 2.24) is 10.2 Å². The molecule has 0 fully saturated rings. The molecular formula is C11H20N2O. The van der Waals surface area contributed by atoms with Crippen LogP contribution in [0.1, 0.15) is 24.0 Å². The summed E-state index contributed by atoms with van der Waals surface area (Å²) in [5, 5.41) is 3.10. The Morgan fingerprint density at radius 3 is 2.79 bits per heavy atom. The van der Waals surface area contributed by atoms with Gasteiger partial charge in [-0.15, -0.1) is 0 Å². The Morgan fingerprint density at radius 1 is 1.50 bits per heavy atom. The van der Waals surface area contributed by atoms with Crippen molar-refractivity contribution in [3.8, 4) is 0 Å². The van der Waals surface area contributed by atoms with Gasteiger partial charge >= 0.3 is 0 Å². The molecule has 0 bridgehead atoms. The van der Waals surface area contributed by atoms with Gasteiger partial charge in [-0.1, -0.05) is 6.92 Å². The zero-order valence-electron chi connectivity index (χ0n) is 9.55. The fraction of sp³-hybridized carbons (Fsp3) is 0.636. The average molecular weight is 196 g/mol. The molecule has 0 aromatic carbocycles. The van der Waals surface area contributed by atoms with Gasteiger partial charge in [0.1, 0.15) is 11.5 Å². The summed E-state index contributed by atoms with van der Waals surface area (Å²) in [4.78, 5) is 2.22. The monoisotopic (exact) mass is 196 g/mol. The van der Waals surface area contributed by atoms with Gasteiger partial charge < -0.3 is 9.73 Å². The topological polar surface area (TPSA) is 28.4 Å². The highest BCUT2D eigenvalue weighted by atomic mass is 16.3. The number of nitrogens with one attached hydrogen (secondary N) is 1. The van der Waals surface area contributed by atoms with Crippen molar-refractivity contribution in [2.24, 2.45) is 0 Å². The smallest absolute Gasteiger partial charge is 0.120 e. The van der Waals surface area contributed by atoms with Crippen LogP contribution in [0.2, 0.25) is 0 Å². The largest absolute Gasteiger partial charge is 0.463 e. The molecule has 1 N–H and O–H groups in total. The molecular weight excluding hydrogens is 176 g/mol. The van der Waals surface area contributed by atoms with Gasteiger partial charge in [0.15, 0.2) is 0 Å². The number of hydrogen-bond donors (Lipinski definition) is 1. The minimum Gasteiger partial charge on any atom is -0.463 e. The van der Waals surface area contributed by atoms with Crippen LogP contribution in [0.25, 0.3) is 0 Å². The fourth-order valence-electron chi connectivity index (χ4n) is 1.38. The summed E-state index contributed by atoms with van der Waals surface area (Å²) in [6.07, 6.45) is 0. The molecule has 1 rings (SSSR count). The Kier molecular flexibility index (Phi) is 4.17. The molecule has 0 spiro atoms. The summed E-state index contributed by atoms with van der Waals surface area (Å²) in [7, 11) is 4.02. The summed E-state index contributed by atoms with van der Waals surface area (Å²) in [5.74, 6) is 2.10. The maximum atomic E-state index is 5.72. The second-order valence-corrected chi connectivity index (χ2v) is 3.68. The van der Waals surface area contributed by atoms with E-state index in [4.69, 9.17) is 4.42 Å². The summed E-state index contributed by atoms with van der Waals surface area (Å²) in [6.45, 7) is 6.97. The molecule has 1 aromatic rings. The molecule has 0 aliphatic heterocycles. The molecule has 0 aliphatic rings. The Balaban J connectivity index is 2.65. The molecule has 0 radical (unpaired) electrons. The maximum Gasteiger partial charge on any atom is 0.120 e. The van der Waals surface area contributed by atoms with Crippen molar-refractivity contribution in [2.75, 3.05) is 20.6 Å². The van der Waals surface area contributed by atoms with Crippen LogP contribution in [0.5, 0.6) is 0 Å². The molecule has 14 heavy (non-hydrogen) atoms. The van der Waals surface area contributed by atoms with Crippen molar-refractivity contribution in [3.05, 3.63) is 23.2 Å². The molecule has 0 atom stereocenters. The first-order valence-corrected chi connectivity index (χ1v) is 5.08. The molecule has 0 amide bonds. The third kappa shape index (κ3) is 2.86. The first-order valence-electron chi connectivity index (χ1n) is 5.08. The SMILES string of the molecule is CCN(C)Cc1cc(C)c(CNC)o1. The minimum absolute atomic E-state index is 0.807. The van der Waals surface area contributed by atoms with E-state index >= 15 is 0 Å². The third-order valence-corrected chi connectivity index (χ3v) is 2.37. The van der Waals surface area contributed by atoms with Crippen LogP contribution in [-0.2, 0) is 13.1 Å². The zero-order chi connectivity index (χ0) is 10.6. The molecule has 80 valence electrons. The molecule has 0 unspecified atom stereocenters. The predicted molar refractivity (Wildman–Crippen MR) is 58.2 cm³/mol. The van der Waals surface area contributed by atoms with Gasteiger partial charge in [-0.05, 0) is 39.2 Å². The summed E-state index contributed by atoms with van der Waals surface area (Å²) in [6, 6.07) is 2.12. The quantitative estimate of drug-likeness (QED) is 0.778. The molecule has 3 nitrogen and oxygen atoms in total. The maximum absolute atomic E-state index is 5.72. The van der Waals surface area contributed by atoms with E-state index in [1.165, 1.54) is 5.56 Å². The van der Waals surface area contributed by atoms with Gasteiger partial charge in [-0.3, -0.25) is 4.90 Å². The standard InChI is InChI=1S/C11H20N2O/c1-5-13(4)8-10-6-9(2)11(14-10)7-12-3/h6,12H,5,7-8H2,1-4H3. The van der Waals surface area contributed by atoms with E-state index in [0.29, 0.717) is 0 Å². The van der Waals surface area contributed by atoms with E-state index in [0.717, 1.165) is 31.2 Å². The van der Waals surface area contributed by atoms with Crippen LogP contribution in [-0.4, -0.2) is 25.5 Å². The minimum atomic E-state index is 0.807. The molecule has 0 saturated heterocycles. The number of aryl methyl sites for hydroxylation is 1. The van der Waals surface area contributed by atoms with Crippen molar-refractivity contribution in [1.29, 1.82) is 0 Å². The number of nitrogens with zero attached hydrogens (tertiary/aromatic N) is 1. The summed E-state index contributed by atoms with van der Waals surface area (Å²) < 4.78 is 5.72. The van der Waals surface area contributed by atoms with Crippen LogP contribution in [0.3, 0.4) is 0 Å². The highest BCUT2D eigenvalue weighted by Crippen LogP contribution is 2.15. The Morgan fingerprint density at radius 2 is 2.21 bits per heavy atom. The van der Waals surface area contributed by atoms with Gasteiger partial charge in [0.2, 0.25) is 0 Å². The normalized spacial score (nSPS) is 11.2. The lowest BCUT2D eigenvalue weighted by Gasteiger charge is -2.10. The number of hydrogen-bond acceptors (Lipinski definition) is 3. The van der Waals surface area contributed by atoms with Gasteiger partial charge in [0.05, 0.1) is 13.1 Å². The van der Waals surface area contributed by atoms with Crippen LogP contribution >= 0.6 is 0 Å².